The fourth-order valence-corrected chi connectivity index (χ4v) is 4.62. The van der Waals surface area contributed by atoms with Gasteiger partial charge in [-0.2, -0.15) is 4.39 Å². The van der Waals surface area contributed by atoms with Crippen molar-refractivity contribution < 1.29 is 18.7 Å². The van der Waals surface area contributed by atoms with Crippen LogP contribution < -0.4 is 0 Å². The predicted octanol–water partition coefficient (Wildman–Crippen LogP) is 5.91. The highest BCUT2D eigenvalue weighted by molar-refractivity contribution is 5.88. The van der Waals surface area contributed by atoms with Crippen LogP contribution in [-0.2, 0) is 4.79 Å². The molecule has 0 radical (unpaired) electrons. The molecule has 0 spiro atoms. The second kappa shape index (κ2) is 6.59. The Morgan fingerprint density at radius 3 is 2.52 bits per heavy atom. The second-order valence-corrected chi connectivity index (χ2v) is 8.70. The van der Waals surface area contributed by atoms with Crippen LogP contribution in [-0.4, -0.2) is 15.6 Å². The van der Waals surface area contributed by atoms with Crippen LogP contribution in [0.15, 0.2) is 24.3 Å². The molecule has 1 fully saturated rings. The van der Waals surface area contributed by atoms with Crippen LogP contribution in [0.3, 0.4) is 0 Å². The largest absolute Gasteiger partial charge is 0.481 e. The van der Waals surface area contributed by atoms with E-state index in [1.807, 2.05) is 4.57 Å². The first kappa shape index (κ1) is 19.4. The number of hydrogen-bond acceptors (Lipinski definition) is 1. The smallest absolute Gasteiger partial charge is 0.309 e. The molecule has 0 unspecified atom stereocenters. The Bertz CT molecular complexity index is 1120. The van der Waals surface area contributed by atoms with Crippen LogP contribution in [0.1, 0.15) is 62.3 Å². The van der Waals surface area contributed by atoms with Gasteiger partial charge in [0.15, 0.2) is 5.82 Å². The molecule has 0 aliphatic heterocycles. The maximum Gasteiger partial charge on any atom is 0.309 e. The van der Waals surface area contributed by atoms with Gasteiger partial charge in [-0.25, -0.2) is 4.39 Å². The first-order valence-corrected chi connectivity index (χ1v) is 9.80. The summed E-state index contributed by atoms with van der Waals surface area (Å²) < 4.78 is 30.0. The Morgan fingerprint density at radius 1 is 1.24 bits per heavy atom. The zero-order valence-corrected chi connectivity index (χ0v) is 16.9. The number of carboxylic acids is 1. The minimum absolute atomic E-state index is 0.0222. The summed E-state index contributed by atoms with van der Waals surface area (Å²) in [5, 5.41) is 10.2. The minimum atomic E-state index is -0.802. The molecule has 1 aliphatic rings. The van der Waals surface area contributed by atoms with Crippen molar-refractivity contribution in [3.8, 4) is 5.69 Å². The van der Waals surface area contributed by atoms with E-state index in [4.69, 9.17) is 0 Å². The highest BCUT2D eigenvalue weighted by Gasteiger charge is 2.48. The molecule has 1 saturated carbocycles. The minimum Gasteiger partial charge on any atom is -0.481 e. The van der Waals surface area contributed by atoms with Crippen LogP contribution in [0, 0.1) is 36.1 Å². The van der Waals surface area contributed by atoms with Crippen molar-refractivity contribution in [2.75, 3.05) is 0 Å². The third-order valence-electron chi connectivity index (χ3n) is 6.12. The van der Waals surface area contributed by atoms with Gasteiger partial charge in [0, 0.05) is 16.8 Å². The van der Waals surface area contributed by atoms with Crippen molar-refractivity contribution >= 4 is 16.9 Å². The molecule has 0 atom stereocenters. The van der Waals surface area contributed by atoms with Crippen LogP contribution in [0.5, 0.6) is 0 Å². The number of aliphatic carboxylic acids is 1. The van der Waals surface area contributed by atoms with Crippen molar-refractivity contribution in [1.82, 2.24) is 4.57 Å². The summed E-state index contributed by atoms with van der Waals surface area (Å²) >= 11 is 0. The lowest BCUT2D eigenvalue weighted by atomic mass is 9.60. The monoisotopic (exact) mass is 395 g/mol. The Labute approximate surface area is 169 Å². The van der Waals surface area contributed by atoms with Crippen LogP contribution in [0.4, 0.5) is 8.78 Å². The molecule has 3 nitrogen and oxygen atoms in total. The van der Waals surface area contributed by atoms with Crippen molar-refractivity contribution in [3.05, 3.63) is 64.9 Å². The molecule has 2 aromatic carbocycles. The number of carboxylic acid groups (broad SMARTS) is 1. The maximum absolute atomic E-state index is 14.1. The first-order valence-electron chi connectivity index (χ1n) is 9.80. The summed E-state index contributed by atoms with van der Waals surface area (Å²) in [6.45, 7) is 7.57. The van der Waals surface area contributed by atoms with Crippen molar-refractivity contribution in [2.24, 2.45) is 5.41 Å². The fourth-order valence-electron chi connectivity index (χ4n) is 4.62. The van der Waals surface area contributed by atoms with Gasteiger partial charge in [-0.1, -0.05) is 13.8 Å². The zero-order chi connectivity index (χ0) is 21.1. The number of benzene rings is 1. The number of aromatic nitrogens is 1. The molecule has 1 N–H and O–H groups in total. The van der Waals surface area contributed by atoms with Gasteiger partial charge in [-0.15, -0.1) is 0 Å². The second-order valence-electron chi connectivity index (χ2n) is 8.70. The number of halogens is 2. The lowest BCUT2D eigenvalue weighted by Crippen LogP contribution is -2.40. The number of hydrogen-bond donors (Lipinski definition) is 1. The first-order chi connectivity index (χ1) is 13.6. The Kier molecular flexibility index (Phi) is 4.42. The predicted molar refractivity (Wildman–Crippen MR) is 107 cm³/mol. The van der Waals surface area contributed by atoms with Crippen molar-refractivity contribution in [2.45, 2.75) is 52.4 Å². The van der Waals surface area contributed by atoms with Gasteiger partial charge in [0.25, 0.3) is 0 Å². The number of rotatable bonds is 4. The van der Waals surface area contributed by atoms with Gasteiger partial charge < -0.3 is 9.67 Å². The normalized spacial score (nSPS) is 21.3. The van der Waals surface area contributed by atoms with Crippen LogP contribution >= 0.6 is 0 Å². The number of nitrogens with zero attached hydrogens (tertiary/aromatic N) is 1. The van der Waals surface area contributed by atoms with E-state index >= 15 is 0 Å². The standard InChI is InChI=1S/C24H23F2NO2/c1-13(2)22-21(15-11-24(4,12-15)23(28)29)18-10-16(25)5-8-20(18)27(22)17-6-7-19(26)14(3)9-17/h6-7,9-10,13,15H,11-12H2,1-4H3,(H,28,29). The third kappa shape index (κ3) is 2.98. The average molecular weight is 395 g/mol. The summed E-state index contributed by atoms with van der Waals surface area (Å²) in [4.78, 5) is 11.6. The van der Waals surface area contributed by atoms with Gasteiger partial charge >= 0.3 is 5.97 Å². The van der Waals surface area contributed by atoms with Gasteiger partial charge in [-0.05, 0) is 86.1 Å². The summed E-state index contributed by atoms with van der Waals surface area (Å²) in [7, 11) is 0. The molecule has 0 saturated heterocycles. The van der Waals surface area contributed by atoms with Crippen LogP contribution in [0.25, 0.3) is 16.6 Å². The molecule has 4 rings (SSSR count). The Balaban J connectivity index is 1.98. The van der Waals surface area contributed by atoms with Gasteiger partial charge in [0.1, 0.15) is 11.3 Å². The van der Waals surface area contributed by atoms with E-state index in [1.165, 1.54) is 12.1 Å². The molecular formula is C24H23F2NO2. The SMILES string of the molecule is Cc1cc(-n2c(C(C)C)c(C3CC(C)(C(=O)O)C3)c3cc(F)c#cc32)ccc1F. The number of aryl methyl sites for hydroxylation is 1. The molecule has 29 heavy (non-hydrogen) atoms. The summed E-state index contributed by atoms with van der Waals surface area (Å²) in [5.41, 5.74) is 3.18. The zero-order valence-electron chi connectivity index (χ0n) is 16.9. The highest BCUT2D eigenvalue weighted by atomic mass is 19.1. The van der Waals surface area contributed by atoms with E-state index < -0.39 is 17.2 Å². The topological polar surface area (TPSA) is 42.2 Å². The summed E-state index contributed by atoms with van der Waals surface area (Å²) in [5.74, 6) is -1.47. The van der Waals surface area contributed by atoms with Crippen LogP contribution in [0.2, 0.25) is 0 Å². The van der Waals surface area contributed by atoms with E-state index in [9.17, 15) is 18.7 Å². The van der Waals surface area contributed by atoms with Gasteiger partial charge in [0.05, 0.1) is 5.41 Å². The molecule has 0 bridgehead atoms. The number of carbonyl (C=O) groups is 1. The van der Waals surface area contributed by atoms with E-state index in [2.05, 4.69) is 26.0 Å². The lowest BCUT2D eigenvalue weighted by molar-refractivity contribution is -0.154. The molecular weight excluding hydrogens is 372 g/mol. The number of fused-ring (bicyclic) bond motifs is 1. The molecule has 150 valence electrons. The fraction of sp³-hybridized carbons (Fsp3) is 0.375. The van der Waals surface area contributed by atoms with E-state index in [0.717, 1.165) is 22.3 Å². The molecule has 5 heteroatoms. The molecule has 1 aliphatic carbocycles. The van der Waals surface area contributed by atoms with E-state index in [1.54, 1.807) is 26.0 Å². The molecule has 1 heterocycles. The lowest BCUT2D eigenvalue weighted by Gasteiger charge is -2.42. The highest BCUT2D eigenvalue weighted by Crippen LogP contribution is 2.54. The van der Waals surface area contributed by atoms with Crippen molar-refractivity contribution in [3.63, 3.8) is 0 Å². The summed E-state index contributed by atoms with van der Waals surface area (Å²) in [6.07, 6.45) is 1.01. The molecule has 1 aromatic heterocycles. The van der Waals surface area contributed by atoms with Gasteiger partial charge in [-0.3, -0.25) is 4.79 Å². The maximum atomic E-state index is 14.1. The van der Waals surface area contributed by atoms with E-state index in [0.29, 0.717) is 23.9 Å². The van der Waals surface area contributed by atoms with Gasteiger partial charge in [0.2, 0.25) is 0 Å². The third-order valence-corrected chi connectivity index (χ3v) is 6.12. The quantitative estimate of drug-likeness (QED) is 0.597. The summed E-state index contributed by atoms with van der Waals surface area (Å²) in [6, 6.07) is 11.8. The van der Waals surface area contributed by atoms with E-state index in [-0.39, 0.29) is 17.7 Å². The molecule has 0 amide bonds. The average Bonchev–Trinajstić information content (AvgIpc) is 2.95. The molecule has 3 aromatic rings. The van der Waals surface area contributed by atoms with Crippen molar-refractivity contribution in [1.29, 1.82) is 0 Å². The Hall–Kier alpha value is -2.87. The Morgan fingerprint density at radius 2 is 1.93 bits per heavy atom.